The summed E-state index contributed by atoms with van der Waals surface area (Å²) >= 11 is 0. The molecule has 5 nitrogen and oxygen atoms in total. The van der Waals surface area contributed by atoms with Crippen LogP contribution < -0.4 is 10.5 Å². The number of nitrogens with two attached hydrogens (primary N) is 1. The molecule has 0 saturated carbocycles. The van der Waals surface area contributed by atoms with Crippen LogP contribution in [0.15, 0.2) is 40.8 Å². The minimum atomic E-state index is -3.42. The average molecular weight is 310 g/mol. The highest BCUT2D eigenvalue weighted by atomic mass is 32.2. The molecule has 1 heterocycles. The Balaban J connectivity index is 2.08. The third kappa shape index (κ3) is 4.06. The number of ether oxygens (including phenoxy) is 1. The van der Waals surface area contributed by atoms with Crippen molar-refractivity contribution in [3.8, 4) is 5.75 Å². The fourth-order valence-corrected chi connectivity index (χ4v) is 3.71. The lowest BCUT2D eigenvalue weighted by molar-refractivity contribution is 0.313. The first kappa shape index (κ1) is 16.0. The molecule has 116 valence electrons. The van der Waals surface area contributed by atoms with Crippen LogP contribution in [-0.2, 0) is 10.0 Å². The van der Waals surface area contributed by atoms with Gasteiger partial charge in [-0.1, -0.05) is 11.6 Å². The lowest BCUT2D eigenvalue weighted by Crippen LogP contribution is -2.35. The van der Waals surface area contributed by atoms with Gasteiger partial charge in [-0.05, 0) is 50.6 Å². The Morgan fingerprint density at radius 1 is 1.29 bits per heavy atom. The number of sulfonamides is 1. The van der Waals surface area contributed by atoms with Gasteiger partial charge in [-0.2, -0.15) is 4.31 Å². The van der Waals surface area contributed by atoms with Gasteiger partial charge in [-0.3, -0.25) is 0 Å². The first-order valence-corrected chi connectivity index (χ1v) is 8.57. The summed E-state index contributed by atoms with van der Waals surface area (Å²) in [6.07, 6.45) is 3.63. The summed E-state index contributed by atoms with van der Waals surface area (Å²) in [5.41, 5.74) is 6.49. The van der Waals surface area contributed by atoms with Crippen LogP contribution in [0, 0.1) is 0 Å². The third-order valence-corrected chi connectivity index (χ3v) is 5.24. The van der Waals surface area contributed by atoms with Crippen LogP contribution in [-0.4, -0.2) is 39.0 Å². The van der Waals surface area contributed by atoms with Crippen molar-refractivity contribution >= 4 is 10.0 Å². The monoisotopic (exact) mass is 310 g/mol. The second kappa shape index (κ2) is 7.06. The second-order valence-electron chi connectivity index (χ2n) is 5.14. The van der Waals surface area contributed by atoms with Gasteiger partial charge in [-0.15, -0.1) is 0 Å². The number of rotatable bonds is 6. The van der Waals surface area contributed by atoms with Crippen LogP contribution >= 0.6 is 0 Å². The van der Waals surface area contributed by atoms with Gasteiger partial charge in [0.25, 0.3) is 0 Å². The van der Waals surface area contributed by atoms with Crippen LogP contribution in [0.2, 0.25) is 0 Å². The van der Waals surface area contributed by atoms with Crippen molar-refractivity contribution in [3.63, 3.8) is 0 Å². The number of benzene rings is 1. The molecule has 0 bridgehead atoms. The molecule has 0 amide bonds. The summed E-state index contributed by atoms with van der Waals surface area (Å²) in [4.78, 5) is 0.309. The first-order valence-electron chi connectivity index (χ1n) is 7.13. The maximum absolute atomic E-state index is 12.5. The maximum atomic E-state index is 12.5. The molecule has 0 atom stereocenters. The molecule has 1 aromatic carbocycles. The average Bonchev–Trinajstić information content (AvgIpc) is 2.48. The molecule has 0 radical (unpaired) electrons. The Hall–Kier alpha value is -1.37. The summed E-state index contributed by atoms with van der Waals surface area (Å²) in [7, 11) is -3.42. The molecule has 21 heavy (non-hydrogen) atoms. The number of hydrogen-bond acceptors (Lipinski definition) is 4. The quantitative estimate of drug-likeness (QED) is 0.642. The van der Waals surface area contributed by atoms with Gasteiger partial charge in [0.15, 0.2) is 0 Å². The van der Waals surface area contributed by atoms with E-state index in [1.165, 1.54) is 4.31 Å². The summed E-state index contributed by atoms with van der Waals surface area (Å²) in [6, 6.07) is 6.58. The van der Waals surface area contributed by atoms with Gasteiger partial charge < -0.3 is 10.5 Å². The standard InChI is InChI=1S/C15H22N2O3S/c1-13-4-2-10-17(12-13)21(18,19)15-7-5-14(6-8-15)20-11-3-9-16/h4-8H,2-3,9-12,16H2,1H3. The number of hydrogen-bond donors (Lipinski definition) is 1. The number of nitrogens with zero attached hydrogens (tertiary/aromatic N) is 1. The van der Waals surface area contributed by atoms with Crippen LogP contribution in [0.25, 0.3) is 0 Å². The van der Waals surface area contributed by atoms with Crippen molar-refractivity contribution in [2.75, 3.05) is 26.2 Å². The van der Waals surface area contributed by atoms with Crippen LogP contribution in [0.5, 0.6) is 5.75 Å². The molecule has 0 unspecified atom stereocenters. The van der Waals surface area contributed by atoms with E-state index in [1.54, 1.807) is 24.3 Å². The predicted molar refractivity (Wildman–Crippen MR) is 82.7 cm³/mol. The van der Waals surface area contributed by atoms with Crippen LogP contribution in [0.1, 0.15) is 19.8 Å². The largest absolute Gasteiger partial charge is 0.494 e. The highest BCUT2D eigenvalue weighted by Crippen LogP contribution is 2.22. The Morgan fingerprint density at radius 2 is 2.00 bits per heavy atom. The van der Waals surface area contributed by atoms with E-state index in [0.29, 0.717) is 36.9 Å². The Kier molecular flexibility index (Phi) is 5.39. The molecular weight excluding hydrogens is 288 g/mol. The topological polar surface area (TPSA) is 72.6 Å². The SMILES string of the molecule is CC1=CCCN(S(=O)(=O)c2ccc(OCCCN)cc2)C1. The van der Waals surface area contributed by atoms with Crippen molar-refractivity contribution in [3.05, 3.63) is 35.9 Å². The molecule has 1 aliphatic rings. The molecule has 0 aromatic heterocycles. The summed E-state index contributed by atoms with van der Waals surface area (Å²) < 4.78 is 32.1. The Morgan fingerprint density at radius 3 is 2.62 bits per heavy atom. The van der Waals surface area contributed by atoms with E-state index in [4.69, 9.17) is 10.5 Å². The van der Waals surface area contributed by atoms with E-state index in [1.807, 2.05) is 6.92 Å². The summed E-state index contributed by atoms with van der Waals surface area (Å²) in [5, 5.41) is 0. The zero-order chi connectivity index (χ0) is 15.3. The minimum absolute atomic E-state index is 0.309. The van der Waals surface area contributed by atoms with Gasteiger partial charge in [0, 0.05) is 13.1 Å². The van der Waals surface area contributed by atoms with Crippen molar-refractivity contribution in [1.82, 2.24) is 4.31 Å². The van der Waals surface area contributed by atoms with E-state index in [9.17, 15) is 8.42 Å². The van der Waals surface area contributed by atoms with E-state index in [0.717, 1.165) is 18.4 Å². The van der Waals surface area contributed by atoms with Crippen molar-refractivity contribution in [1.29, 1.82) is 0 Å². The second-order valence-corrected chi connectivity index (χ2v) is 7.08. The Labute approximate surface area is 126 Å². The minimum Gasteiger partial charge on any atom is -0.494 e. The molecule has 0 aliphatic carbocycles. The van der Waals surface area contributed by atoms with E-state index < -0.39 is 10.0 Å². The van der Waals surface area contributed by atoms with Gasteiger partial charge in [0.1, 0.15) is 5.75 Å². The highest BCUT2D eigenvalue weighted by molar-refractivity contribution is 7.89. The highest BCUT2D eigenvalue weighted by Gasteiger charge is 2.25. The lowest BCUT2D eigenvalue weighted by Gasteiger charge is -2.25. The smallest absolute Gasteiger partial charge is 0.243 e. The molecular formula is C15H22N2O3S. The van der Waals surface area contributed by atoms with Crippen molar-refractivity contribution < 1.29 is 13.2 Å². The first-order chi connectivity index (χ1) is 10.0. The van der Waals surface area contributed by atoms with Crippen molar-refractivity contribution in [2.45, 2.75) is 24.7 Å². The molecule has 1 aromatic rings. The molecule has 0 saturated heterocycles. The summed E-state index contributed by atoms with van der Waals surface area (Å²) in [5.74, 6) is 0.664. The fourth-order valence-electron chi connectivity index (χ4n) is 2.21. The van der Waals surface area contributed by atoms with Gasteiger partial charge >= 0.3 is 0 Å². The molecule has 0 spiro atoms. The van der Waals surface area contributed by atoms with Crippen LogP contribution in [0.3, 0.4) is 0 Å². The lowest BCUT2D eigenvalue weighted by atomic mass is 10.2. The third-order valence-electron chi connectivity index (χ3n) is 3.38. The molecule has 0 fully saturated rings. The molecule has 1 aliphatic heterocycles. The molecule has 2 rings (SSSR count). The zero-order valence-corrected chi connectivity index (χ0v) is 13.1. The van der Waals surface area contributed by atoms with E-state index >= 15 is 0 Å². The predicted octanol–water partition coefficient (Wildman–Crippen LogP) is 1.75. The molecule has 6 heteroatoms. The Bertz CT molecular complexity index is 594. The maximum Gasteiger partial charge on any atom is 0.243 e. The summed E-state index contributed by atoms with van der Waals surface area (Å²) in [6.45, 7) is 4.08. The normalized spacial score (nSPS) is 16.6. The molecule has 2 N–H and O–H groups in total. The van der Waals surface area contributed by atoms with Crippen LogP contribution in [0.4, 0.5) is 0 Å². The van der Waals surface area contributed by atoms with E-state index in [2.05, 4.69) is 6.08 Å². The van der Waals surface area contributed by atoms with Gasteiger partial charge in [0.2, 0.25) is 10.0 Å². The van der Waals surface area contributed by atoms with Crippen molar-refractivity contribution in [2.24, 2.45) is 5.73 Å². The van der Waals surface area contributed by atoms with Gasteiger partial charge in [0.05, 0.1) is 11.5 Å². The fraction of sp³-hybridized carbons (Fsp3) is 0.467. The zero-order valence-electron chi connectivity index (χ0n) is 12.3. The van der Waals surface area contributed by atoms with E-state index in [-0.39, 0.29) is 0 Å². The van der Waals surface area contributed by atoms with Gasteiger partial charge in [-0.25, -0.2) is 8.42 Å².